The molecule has 0 amide bonds. The van der Waals surface area contributed by atoms with Crippen molar-refractivity contribution in [1.29, 1.82) is 0 Å². The van der Waals surface area contributed by atoms with Gasteiger partial charge < -0.3 is 0 Å². The molecule has 19 heavy (non-hydrogen) atoms. The van der Waals surface area contributed by atoms with Crippen molar-refractivity contribution in [2.75, 3.05) is 0 Å². The average Bonchev–Trinajstić information content (AvgIpc) is 2.36. The van der Waals surface area contributed by atoms with Gasteiger partial charge in [0.2, 0.25) is 0 Å². The van der Waals surface area contributed by atoms with E-state index in [0.29, 0.717) is 0 Å². The maximum Gasteiger partial charge on any atom is 0.197 e. The van der Waals surface area contributed by atoms with Crippen LogP contribution in [-0.2, 0) is 0 Å². The van der Waals surface area contributed by atoms with Gasteiger partial charge in [-0.3, -0.25) is 4.79 Å². The second-order valence-electron chi connectivity index (χ2n) is 4.35. The molecule has 98 valence electrons. The topological polar surface area (TPSA) is 17.1 Å². The molecule has 0 radical (unpaired) electrons. The zero-order chi connectivity index (χ0) is 14.2. The van der Waals surface area contributed by atoms with E-state index in [1.54, 1.807) is 12.1 Å². The summed E-state index contributed by atoms with van der Waals surface area (Å²) in [6.07, 6.45) is 0. The Balaban J connectivity index is 2.56. The number of rotatable bonds is 2. The number of carbonyl (C=O) groups is 1. The standard InChI is InChI=1S/C15H11ClF2O/c1-8-6-11(12(16)7-9(8)2)15(19)10-4-3-5-13(17)14(10)18/h3-7H,1-2H3. The van der Waals surface area contributed by atoms with Crippen molar-refractivity contribution in [3.05, 3.63) is 69.2 Å². The molecular formula is C15H11ClF2O. The Morgan fingerprint density at radius 2 is 1.68 bits per heavy atom. The van der Waals surface area contributed by atoms with Gasteiger partial charge in [-0.1, -0.05) is 17.7 Å². The van der Waals surface area contributed by atoms with Gasteiger partial charge in [0.25, 0.3) is 0 Å². The Hall–Kier alpha value is -1.74. The van der Waals surface area contributed by atoms with Crippen LogP contribution < -0.4 is 0 Å². The molecule has 0 spiro atoms. The largest absolute Gasteiger partial charge is 0.288 e. The predicted molar refractivity (Wildman–Crippen MR) is 70.7 cm³/mol. The summed E-state index contributed by atoms with van der Waals surface area (Å²) >= 11 is 6.00. The zero-order valence-electron chi connectivity index (χ0n) is 10.4. The van der Waals surface area contributed by atoms with Gasteiger partial charge in [-0.2, -0.15) is 0 Å². The van der Waals surface area contributed by atoms with Crippen LogP contribution >= 0.6 is 11.6 Å². The summed E-state index contributed by atoms with van der Waals surface area (Å²) in [6.45, 7) is 3.68. The molecule has 0 aliphatic rings. The Kier molecular flexibility index (Phi) is 3.67. The van der Waals surface area contributed by atoms with Crippen LogP contribution in [0.3, 0.4) is 0 Å². The van der Waals surface area contributed by atoms with Crippen LogP contribution in [0.25, 0.3) is 0 Å². The van der Waals surface area contributed by atoms with E-state index in [2.05, 4.69) is 0 Å². The number of ketones is 1. The van der Waals surface area contributed by atoms with E-state index in [0.717, 1.165) is 17.2 Å². The van der Waals surface area contributed by atoms with E-state index in [-0.39, 0.29) is 16.1 Å². The highest BCUT2D eigenvalue weighted by atomic mass is 35.5. The maximum absolute atomic E-state index is 13.6. The molecule has 0 bridgehead atoms. The van der Waals surface area contributed by atoms with Crippen LogP contribution in [0.2, 0.25) is 5.02 Å². The lowest BCUT2D eigenvalue weighted by Gasteiger charge is -2.08. The molecule has 4 heteroatoms. The Morgan fingerprint density at radius 1 is 1.05 bits per heavy atom. The second-order valence-corrected chi connectivity index (χ2v) is 4.75. The van der Waals surface area contributed by atoms with Gasteiger partial charge in [0.15, 0.2) is 17.4 Å². The smallest absolute Gasteiger partial charge is 0.197 e. The third-order valence-electron chi connectivity index (χ3n) is 3.02. The fourth-order valence-electron chi connectivity index (χ4n) is 1.78. The lowest BCUT2D eigenvalue weighted by molar-refractivity contribution is 0.103. The van der Waals surface area contributed by atoms with Crippen molar-refractivity contribution in [2.24, 2.45) is 0 Å². The molecule has 2 aromatic rings. The predicted octanol–water partition coefficient (Wildman–Crippen LogP) is 4.47. The van der Waals surface area contributed by atoms with Crippen LogP contribution in [0.5, 0.6) is 0 Å². The normalized spacial score (nSPS) is 10.6. The minimum absolute atomic E-state index is 0.175. The SMILES string of the molecule is Cc1cc(Cl)c(C(=O)c2cccc(F)c2F)cc1C. The van der Waals surface area contributed by atoms with Crippen molar-refractivity contribution >= 4 is 17.4 Å². The maximum atomic E-state index is 13.6. The Labute approximate surface area is 114 Å². The second kappa shape index (κ2) is 5.10. The fraction of sp³-hybridized carbons (Fsp3) is 0.133. The summed E-state index contributed by atoms with van der Waals surface area (Å²) in [4.78, 5) is 12.2. The summed E-state index contributed by atoms with van der Waals surface area (Å²) in [7, 11) is 0. The van der Waals surface area contributed by atoms with Gasteiger partial charge in [-0.15, -0.1) is 0 Å². The van der Waals surface area contributed by atoms with Crippen LogP contribution in [0.1, 0.15) is 27.0 Å². The number of aryl methyl sites for hydroxylation is 2. The minimum Gasteiger partial charge on any atom is -0.288 e. The first-order valence-corrected chi connectivity index (χ1v) is 6.05. The highest BCUT2D eigenvalue weighted by molar-refractivity contribution is 6.35. The monoisotopic (exact) mass is 280 g/mol. The molecule has 0 heterocycles. The molecule has 0 saturated carbocycles. The summed E-state index contributed by atoms with van der Waals surface area (Å²) in [5.74, 6) is -2.82. The van der Waals surface area contributed by atoms with Gasteiger partial charge in [-0.25, -0.2) is 8.78 Å². The Bertz CT molecular complexity index is 665. The average molecular weight is 281 g/mol. The van der Waals surface area contributed by atoms with E-state index in [9.17, 15) is 13.6 Å². The summed E-state index contributed by atoms with van der Waals surface area (Å²) in [6, 6.07) is 6.73. The van der Waals surface area contributed by atoms with Crippen LogP contribution in [0, 0.1) is 25.5 Å². The number of hydrogen-bond acceptors (Lipinski definition) is 1. The first-order chi connectivity index (χ1) is 8.91. The van der Waals surface area contributed by atoms with Gasteiger partial charge in [0, 0.05) is 5.56 Å². The fourth-order valence-corrected chi connectivity index (χ4v) is 2.08. The van der Waals surface area contributed by atoms with Crippen molar-refractivity contribution in [1.82, 2.24) is 0 Å². The lowest BCUT2D eigenvalue weighted by atomic mass is 9.99. The molecule has 0 unspecified atom stereocenters. The molecule has 2 rings (SSSR count). The highest BCUT2D eigenvalue weighted by Crippen LogP contribution is 2.25. The van der Waals surface area contributed by atoms with Gasteiger partial charge in [-0.05, 0) is 49.2 Å². The van der Waals surface area contributed by atoms with Gasteiger partial charge >= 0.3 is 0 Å². The molecule has 0 atom stereocenters. The molecule has 0 aliphatic heterocycles. The van der Waals surface area contributed by atoms with Gasteiger partial charge in [0.1, 0.15) is 0 Å². The molecule has 0 aromatic heterocycles. The van der Waals surface area contributed by atoms with E-state index < -0.39 is 17.4 Å². The number of hydrogen-bond donors (Lipinski definition) is 0. The number of benzene rings is 2. The first kappa shape index (κ1) is 13.7. The minimum atomic E-state index is -1.15. The quantitative estimate of drug-likeness (QED) is 0.742. The van der Waals surface area contributed by atoms with Crippen molar-refractivity contribution in [3.8, 4) is 0 Å². The molecular weight excluding hydrogens is 270 g/mol. The number of carbonyl (C=O) groups excluding carboxylic acids is 1. The van der Waals surface area contributed by atoms with E-state index in [1.165, 1.54) is 12.1 Å². The van der Waals surface area contributed by atoms with E-state index in [4.69, 9.17) is 11.6 Å². The molecule has 0 fully saturated rings. The number of halogens is 3. The molecule has 0 aliphatic carbocycles. The molecule has 1 nitrogen and oxygen atoms in total. The van der Waals surface area contributed by atoms with Crippen molar-refractivity contribution < 1.29 is 13.6 Å². The van der Waals surface area contributed by atoms with Crippen molar-refractivity contribution in [2.45, 2.75) is 13.8 Å². The van der Waals surface area contributed by atoms with E-state index >= 15 is 0 Å². The summed E-state index contributed by atoms with van der Waals surface area (Å²) in [5, 5.41) is 0.233. The molecule has 2 aromatic carbocycles. The molecule has 0 N–H and O–H groups in total. The van der Waals surface area contributed by atoms with Crippen molar-refractivity contribution in [3.63, 3.8) is 0 Å². The van der Waals surface area contributed by atoms with Crippen LogP contribution in [0.4, 0.5) is 8.78 Å². The van der Waals surface area contributed by atoms with Crippen LogP contribution in [-0.4, -0.2) is 5.78 Å². The summed E-state index contributed by atoms with van der Waals surface area (Å²) in [5.41, 5.74) is 1.66. The lowest BCUT2D eigenvalue weighted by Crippen LogP contribution is -2.07. The molecule has 0 saturated heterocycles. The zero-order valence-corrected chi connectivity index (χ0v) is 11.2. The van der Waals surface area contributed by atoms with Gasteiger partial charge in [0.05, 0.1) is 10.6 Å². The van der Waals surface area contributed by atoms with Crippen LogP contribution in [0.15, 0.2) is 30.3 Å². The third-order valence-corrected chi connectivity index (χ3v) is 3.34. The summed E-state index contributed by atoms with van der Waals surface area (Å²) < 4.78 is 26.7. The highest BCUT2D eigenvalue weighted by Gasteiger charge is 2.19. The van der Waals surface area contributed by atoms with E-state index in [1.807, 2.05) is 13.8 Å². The third kappa shape index (κ3) is 2.51. The Morgan fingerprint density at radius 3 is 2.37 bits per heavy atom. The first-order valence-electron chi connectivity index (χ1n) is 5.67.